The lowest BCUT2D eigenvalue weighted by atomic mass is 9.86. The first-order valence-corrected chi connectivity index (χ1v) is 5.97. The highest BCUT2D eigenvalue weighted by Crippen LogP contribution is 2.67. The molecule has 0 radical (unpaired) electrons. The molecule has 2 aliphatic rings. The van der Waals surface area contributed by atoms with Crippen LogP contribution in [0.2, 0.25) is 0 Å². The lowest BCUT2D eigenvalue weighted by Crippen LogP contribution is -2.38. The van der Waals surface area contributed by atoms with E-state index >= 15 is 0 Å². The Morgan fingerprint density at radius 3 is 2.33 bits per heavy atom. The van der Waals surface area contributed by atoms with Crippen LogP contribution in [0.4, 0.5) is 0 Å². The van der Waals surface area contributed by atoms with Gasteiger partial charge in [-0.05, 0) is 37.0 Å². The third-order valence-corrected chi connectivity index (χ3v) is 5.91. The third-order valence-electron chi connectivity index (χ3n) is 4.06. The molecule has 0 aromatic rings. The van der Waals surface area contributed by atoms with E-state index in [9.17, 15) is 5.11 Å². The van der Waals surface area contributed by atoms with E-state index in [1.807, 2.05) is 6.92 Å². The maximum Gasteiger partial charge on any atom is 0.0739 e. The van der Waals surface area contributed by atoms with Gasteiger partial charge in [0.05, 0.1) is 5.60 Å². The van der Waals surface area contributed by atoms with E-state index in [-0.39, 0.29) is 0 Å². The van der Waals surface area contributed by atoms with Gasteiger partial charge in [0, 0.05) is 3.92 Å². The molecule has 2 rings (SSSR count). The first kappa shape index (κ1) is 9.25. The van der Waals surface area contributed by atoms with Crippen LogP contribution in [0.3, 0.4) is 0 Å². The van der Waals surface area contributed by atoms with Crippen molar-refractivity contribution in [3.8, 4) is 0 Å². The number of alkyl halides is 1. The van der Waals surface area contributed by atoms with E-state index < -0.39 is 5.60 Å². The molecule has 1 N–H and O–H groups in total. The first-order chi connectivity index (χ1) is 5.36. The maximum atomic E-state index is 10.1. The van der Waals surface area contributed by atoms with Gasteiger partial charge in [0.15, 0.2) is 0 Å². The molecule has 0 aliphatic heterocycles. The number of hydrogen-bond acceptors (Lipinski definition) is 1. The topological polar surface area (TPSA) is 20.2 Å². The van der Waals surface area contributed by atoms with Crippen LogP contribution < -0.4 is 0 Å². The van der Waals surface area contributed by atoms with Crippen molar-refractivity contribution in [1.82, 2.24) is 0 Å². The smallest absolute Gasteiger partial charge is 0.0739 e. The van der Waals surface area contributed by atoms with Crippen molar-refractivity contribution in [3.63, 3.8) is 0 Å². The fourth-order valence-electron chi connectivity index (χ4n) is 2.78. The predicted octanol–water partition coefficient (Wildman–Crippen LogP) is 2.61. The number of hydrogen-bond donors (Lipinski definition) is 1. The number of halogens is 1. The second-order valence-electron chi connectivity index (χ2n) is 5.30. The summed E-state index contributed by atoms with van der Waals surface area (Å²) in [5, 5.41) is 10.1. The summed E-state index contributed by atoms with van der Waals surface area (Å²) in [4.78, 5) is 0. The van der Waals surface area contributed by atoms with Gasteiger partial charge >= 0.3 is 0 Å². The zero-order valence-electron chi connectivity index (χ0n) is 7.97. The zero-order valence-corrected chi connectivity index (χ0v) is 10.1. The van der Waals surface area contributed by atoms with Gasteiger partial charge in [-0.3, -0.25) is 0 Å². The summed E-state index contributed by atoms with van der Waals surface area (Å²) in [6, 6.07) is 0. The lowest BCUT2D eigenvalue weighted by molar-refractivity contribution is 0.0292. The summed E-state index contributed by atoms with van der Waals surface area (Å²) >= 11 is 2.41. The highest BCUT2D eigenvalue weighted by Gasteiger charge is 2.63. The lowest BCUT2D eigenvalue weighted by Gasteiger charge is -2.32. The summed E-state index contributed by atoms with van der Waals surface area (Å²) in [6.07, 6.45) is 2.23. The Hall–Kier alpha value is 0.690. The summed E-state index contributed by atoms with van der Waals surface area (Å²) in [6.45, 7) is 6.68. The quantitative estimate of drug-likeness (QED) is 0.534. The van der Waals surface area contributed by atoms with Gasteiger partial charge in [-0.2, -0.15) is 0 Å². The molecule has 0 aromatic carbocycles. The van der Waals surface area contributed by atoms with E-state index in [0.717, 1.165) is 18.3 Å². The minimum atomic E-state index is -0.407. The van der Waals surface area contributed by atoms with E-state index in [1.54, 1.807) is 0 Å². The highest BCUT2D eigenvalue weighted by atomic mass is 127. The van der Waals surface area contributed by atoms with Crippen molar-refractivity contribution >= 4 is 22.6 Å². The molecule has 0 amide bonds. The molecular formula is C10H17IO. The third kappa shape index (κ3) is 1.14. The molecule has 2 aliphatic carbocycles. The van der Waals surface area contributed by atoms with Crippen LogP contribution in [-0.4, -0.2) is 14.6 Å². The second-order valence-corrected chi connectivity index (χ2v) is 6.80. The van der Waals surface area contributed by atoms with Gasteiger partial charge in [-0.1, -0.05) is 36.4 Å². The molecule has 0 heterocycles. The molecule has 4 atom stereocenters. The Balaban J connectivity index is 2.14. The number of aliphatic hydroxyl groups is 1. The normalized spacial score (nSPS) is 56.2. The van der Waals surface area contributed by atoms with Crippen LogP contribution in [0.25, 0.3) is 0 Å². The standard InChI is InChI=1S/C10H17IO/c1-9(2)6-4-8(11)10(3,12)5-7(6)9/h6-8,12H,4-5H2,1-3H3/t6-,7+,8-,10-/m1/s1. The fourth-order valence-corrected chi connectivity index (χ4v) is 3.58. The van der Waals surface area contributed by atoms with Crippen molar-refractivity contribution in [1.29, 1.82) is 0 Å². The van der Waals surface area contributed by atoms with E-state index in [0.29, 0.717) is 9.34 Å². The minimum absolute atomic E-state index is 0.407. The Morgan fingerprint density at radius 2 is 1.83 bits per heavy atom. The second kappa shape index (κ2) is 2.38. The molecule has 2 heteroatoms. The van der Waals surface area contributed by atoms with Gasteiger partial charge in [0.1, 0.15) is 0 Å². The van der Waals surface area contributed by atoms with Crippen molar-refractivity contribution in [2.45, 2.75) is 43.1 Å². The SMILES string of the molecule is CC1(C)[C@@H]2C[C@@H](I)[C@](C)(O)C[C@@H]21. The summed E-state index contributed by atoms with van der Waals surface area (Å²) in [7, 11) is 0. The zero-order chi connectivity index (χ0) is 9.15. The van der Waals surface area contributed by atoms with Crippen molar-refractivity contribution in [2.24, 2.45) is 17.3 Å². The molecule has 2 saturated carbocycles. The van der Waals surface area contributed by atoms with Gasteiger partial charge in [0.25, 0.3) is 0 Å². The molecule has 0 bridgehead atoms. The average Bonchev–Trinajstić information content (AvgIpc) is 2.37. The number of fused-ring (bicyclic) bond motifs is 1. The van der Waals surface area contributed by atoms with Gasteiger partial charge in [0.2, 0.25) is 0 Å². The summed E-state index contributed by atoms with van der Waals surface area (Å²) < 4.78 is 0.457. The summed E-state index contributed by atoms with van der Waals surface area (Å²) in [5.74, 6) is 1.68. The molecule has 0 unspecified atom stereocenters. The predicted molar refractivity (Wildman–Crippen MR) is 58.4 cm³/mol. The van der Waals surface area contributed by atoms with Gasteiger partial charge in [-0.15, -0.1) is 0 Å². The maximum absolute atomic E-state index is 10.1. The Bertz CT molecular complexity index is 210. The van der Waals surface area contributed by atoms with Gasteiger partial charge in [-0.25, -0.2) is 0 Å². The van der Waals surface area contributed by atoms with Crippen LogP contribution in [0, 0.1) is 17.3 Å². The first-order valence-electron chi connectivity index (χ1n) is 4.72. The van der Waals surface area contributed by atoms with E-state index in [2.05, 4.69) is 36.4 Å². The average molecular weight is 280 g/mol. The Kier molecular flexibility index (Phi) is 1.84. The summed E-state index contributed by atoms with van der Waals surface area (Å²) in [5.41, 5.74) is 0.111. The number of rotatable bonds is 0. The highest BCUT2D eigenvalue weighted by molar-refractivity contribution is 14.1. The van der Waals surface area contributed by atoms with Crippen molar-refractivity contribution in [2.75, 3.05) is 0 Å². The monoisotopic (exact) mass is 280 g/mol. The van der Waals surface area contributed by atoms with Crippen molar-refractivity contribution in [3.05, 3.63) is 0 Å². The molecule has 1 nitrogen and oxygen atoms in total. The minimum Gasteiger partial charge on any atom is -0.389 e. The van der Waals surface area contributed by atoms with Crippen LogP contribution in [-0.2, 0) is 0 Å². The van der Waals surface area contributed by atoms with Crippen molar-refractivity contribution < 1.29 is 5.11 Å². The van der Waals surface area contributed by atoms with E-state index in [1.165, 1.54) is 6.42 Å². The van der Waals surface area contributed by atoms with Crippen LogP contribution in [0.5, 0.6) is 0 Å². The van der Waals surface area contributed by atoms with E-state index in [4.69, 9.17) is 0 Å². The Morgan fingerprint density at radius 1 is 1.25 bits per heavy atom. The largest absolute Gasteiger partial charge is 0.389 e. The van der Waals surface area contributed by atoms with Crippen LogP contribution >= 0.6 is 22.6 Å². The molecule has 0 spiro atoms. The van der Waals surface area contributed by atoms with Crippen LogP contribution in [0.1, 0.15) is 33.6 Å². The Labute approximate surface area is 88.1 Å². The van der Waals surface area contributed by atoms with Crippen LogP contribution in [0.15, 0.2) is 0 Å². The van der Waals surface area contributed by atoms with Gasteiger partial charge < -0.3 is 5.11 Å². The fraction of sp³-hybridized carbons (Fsp3) is 1.00. The molecule has 0 saturated heterocycles. The molecule has 70 valence electrons. The molecular weight excluding hydrogens is 263 g/mol. The molecule has 2 fully saturated rings. The molecule has 0 aromatic heterocycles. The molecule has 12 heavy (non-hydrogen) atoms.